The lowest BCUT2D eigenvalue weighted by atomic mass is 10.0. The van der Waals surface area contributed by atoms with E-state index in [-0.39, 0.29) is 18.2 Å². The molecule has 26 heavy (non-hydrogen) atoms. The number of nitrogens with zero attached hydrogens (tertiary/aromatic N) is 1. The number of benzene rings is 1. The Kier molecular flexibility index (Phi) is 5.53. The summed E-state index contributed by atoms with van der Waals surface area (Å²) in [5.74, 6) is 0.931. The van der Waals surface area contributed by atoms with Crippen molar-refractivity contribution >= 4 is 17.4 Å². The quantitative estimate of drug-likeness (QED) is 0.814. The van der Waals surface area contributed by atoms with E-state index in [0.717, 1.165) is 22.6 Å². The Balaban J connectivity index is 1.60. The Morgan fingerprint density at radius 1 is 1.35 bits per heavy atom. The zero-order valence-electron chi connectivity index (χ0n) is 15.5. The summed E-state index contributed by atoms with van der Waals surface area (Å²) >= 11 is 1.67. The fraction of sp³-hybridized carbons (Fsp3) is 0.450. The molecule has 2 heterocycles. The number of rotatable bonds is 6. The van der Waals surface area contributed by atoms with Crippen molar-refractivity contribution in [2.24, 2.45) is 0 Å². The van der Waals surface area contributed by atoms with Gasteiger partial charge in [0.2, 0.25) is 0 Å². The summed E-state index contributed by atoms with van der Waals surface area (Å²) < 4.78 is 5.89. The van der Waals surface area contributed by atoms with Crippen molar-refractivity contribution < 1.29 is 14.6 Å². The fourth-order valence-corrected chi connectivity index (χ4v) is 4.10. The van der Waals surface area contributed by atoms with Crippen LogP contribution in [-0.2, 0) is 19.5 Å². The van der Waals surface area contributed by atoms with Gasteiger partial charge in [0.05, 0.1) is 13.2 Å². The van der Waals surface area contributed by atoms with Gasteiger partial charge in [0.25, 0.3) is 0 Å². The van der Waals surface area contributed by atoms with Gasteiger partial charge in [-0.05, 0) is 50.1 Å². The van der Waals surface area contributed by atoms with Crippen molar-refractivity contribution in [3.8, 4) is 5.75 Å². The molecule has 0 aliphatic carbocycles. The fourth-order valence-electron chi connectivity index (χ4n) is 3.19. The van der Waals surface area contributed by atoms with E-state index in [1.54, 1.807) is 16.2 Å². The minimum absolute atomic E-state index is 0.0525. The van der Waals surface area contributed by atoms with E-state index in [9.17, 15) is 9.90 Å². The zero-order valence-corrected chi connectivity index (χ0v) is 16.4. The van der Waals surface area contributed by atoms with Crippen molar-refractivity contribution in [3.63, 3.8) is 0 Å². The first-order chi connectivity index (χ1) is 12.4. The highest BCUT2D eigenvalue weighted by molar-refractivity contribution is 7.11. The number of nitrogens with one attached hydrogen (secondary N) is 1. The highest BCUT2D eigenvalue weighted by atomic mass is 32.1. The van der Waals surface area contributed by atoms with Crippen LogP contribution < -0.4 is 10.1 Å². The van der Waals surface area contributed by atoms with Crippen molar-refractivity contribution in [2.75, 3.05) is 13.2 Å². The maximum atomic E-state index is 12.5. The maximum Gasteiger partial charge on any atom is 0.318 e. The molecule has 0 bridgehead atoms. The molecule has 0 saturated carbocycles. The Morgan fingerprint density at radius 3 is 2.85 bits per heavy atom. The first kappa shape index (κ1) is 18.7. The average Bonchev–Trinajstić information content (AvgIpc) is 3.12. The number of thiophene rings is 1. The van der Waals surface area contributed by atoms with E-state index in [1.807, 2.05) is 31.2 Å². The molecule has 2 aromatic rings. The number of hydrogen-bond acceptors (Lipinski definition) is 4. The number of aliphatic hydroxyl groups is 1. The van der Waals surface area contributed by atoms with Gasteiger partial charge in [0.15, 0.2) is 0 Å². The number of fused-ring (bicyclic) bond motifs is 1. The van der Waals surface area contributed by atoms with Gasteiger partial charge in [0, 0.05) is 29.3 Å². The number of amides is 2. The second-order valence-electron chi connectivity index (χ2n) is 7.30. The molecule has 1 aliphatic rings. The van der Waals surface area contributed by atoms with Crippen LogP contribution in [0.25, 0.3) is 0 Å². The van der Waals surface area contributed by atoms with Gasteiger partial charge in [-0.2, -0.15) is 0 Å². The van der Waals surface area contributed by atoms with Crippen LogP contribution in [0.4, 0.5) is 4.79 Å². The molecular weight excluding hydrogens is 348 g/mol. The Labute approximate surface area is 158 Å². The van der Waals surface area contributed by atoms with Crippen LogP contribution in [0.15, 0.2) is 30.3 Å². The molecule has 140 valence electrons. The lowest BCUT2D eigenvalue weighted by Gasteiger charge is -2.21. The van der Waals surface area contributed by atoms with Crippen molar-refractivity contribution in [3.05, 3.63) is 51.2 Å². The summed E-state index contributed by atoms with van der Waals surface area (Å²) in [4.78, 5) is 16.5. The van der Waals surface area contributed by atoms with E-state index in [1.165, 1.54) is 10.4 Å². The summed E-state index contributed by atoms with van der Waals surface area (Å²) in [5.41, 5.74) is 2.07. The molecule has 6 heteroatoms. The smallest absolute Gasteiger partial charge is 0.318 e. The van der Waals surface area contributed by atoms with Gasteiger partial charge in [-0.25, -0.2) is 4.79 Å². The van der Waals surface area contributed by atoms with Gasteiger partial charge < -0.3 is 20.1 Å². The van der Waals surface area contributed by atoms with Crippen LogP contribution in [0.2, 0.25) is 0 Å². The molecule has 0 radical (unpaired) electrons. The summed E-state index contributed by atoms with van der Waals surface area (Å²) in [5, 5.41) is 12.2. The molecule has 1 aliphatic heterocycles. The van der Waals surface area contributed by atoms with Crippen molar-refractivity contribution in [1.82, 2.24) is 10.2 Å². The standard InChI is InChI=1S/C20H26N2O3S/c1-14-4-6-17(26-14)13-22(8-9-23)19(24)21-12-15-5-7-18-16(10-15)11-20(2,3)25-18/h4-7,10,23H,8-9,11-13H2,1-3H3,(H,21,24). The minimum atomic E-state index is -0.166. The molecule has 5 nitrogen and oxygen atoms in total. The van der Waals surface area contributed by atoms with Crippen LogP contribution in [-0.4, -0.2) is 34.8 Å². The molecular formula is C20H26N2O3S. The third-order valence-corrected chi connectivity index (χ3v) is 5.36. The summed E-state index contributed by atoms with van der Waals surface area (Å²) in [6.07, 6.45) is 0.873. The molecule has 0 spiro atoms. The zero-order chi connectivity index (χ0) is 18.7. The van der Waals surface area contributed by atoms with Gasteiger partial charge in [-0.15, -0.1) is 11.3 Å². The largest absolute Gasteiger partial charge is 0.487 e. The van der Waals surface area contributed by atoms with Gasteiger partial charge >= 0.3 is 6.03 Å². The Bertz CT molecular complexity index is 785. The third kappa shape index (κ3) is 4.56. The van der Waals surface area contributed by atoms with Crippen molar-refractivity contribution in [1.29, 1.82) is 0 Å². The molecule has 0 saturated heterocycles. The number of aliphatic hydroxyl groups excluding tert-OH is 1. The van der Waals surface area contributed by atoms with E-state index in [4.69, 9.17) is 4.74 Å². The van der Waals surface area contributed by atoms with Crippen LogP contribution in [0.1, 0.15) is 34.7 Å². The number of carbonyl (C=O) groups excluding carboxylic acids is 1. The second-order valence-corrected chi connectivity index (χ2v) is 8.67. The SMILES string of the molecule is Cc1ccc(CN(CCO)C(=O)NCc2ccc3c(c2)CC(C)(C)O3)s1. The first-order valence-electron chi connectivity index (χ1n) is 8.86. The summed E-state index contributed by atoms with van der Waals surface area (Å²) in [6.45, 7) is 7.43. The third-order valence-electron chi connectivity index (χ3n) is 4.37. The monoisotopic (exact) mass is 374 g/mol. The minimum Gasteiger partial charge on any atom is -0.487 e. The molecule has 3 rings (SSSR count). The first-order valence-corrected chi connectivity index (χ1v) is 9.68. The second kappa shape index (κ2) is 7.68. The van der Waals surface area contributed by atoms with Crippen LogP contribution in [0.5, 0.6) is 5.75 Å². The molecule has 0 fully saturated rings. The number of carbonyl (C=O) groups is 1. The molecule has 0 unspecified atom stereocenters. The maximum absolute atomic E-state index is 12.5. The summed E-state index contributed by atoms with van der Waals surface area (Å²) in [7, 11) is 0. The van der Waals surface area contributed by atoms with Crippen molar-refractivity contribution in [2.45, 2.75) is 45.9 Å². The Morgan fingerprint density at radius 2 is 2.15 bits per heavy atom. The molecule has 2 amide bonds. The molecule has 1 aromatic carbocycles. The van der Waals surface area contributed by atoms with Crippen LogP contribution in [0.3, 0.4) is 0 Å². The Hall–Kier alpha value is -2.05. The predicted molar refractivity (Wildman–Crippen MR) is 104 cm³/mol. The highest BCUT2D eigenvalue weighted by Crippen LogP contribution is 2.35. The van der Waals surface area contributed by atoms with Gasteiger partial charge in [0.1, 0.15) is 11.4 Å². The van der Waals surface area contributed by atoms with E-state index < -0.39 is 0 Å². The lowest BCUT2D eigenvalue weighted by molar-refractivity contribution is 0.138. The van der Waals surface area contributed by atoms with Gasteiger partial charge in [-0.1, -0.05) is 12.1 Å². The number of hydrogen-bond donors (Lipinski definition) is 2. The molecule has 1 aromatic heterocycles. The molecule has 0 atom stereocenters. The average molecular weight is 375 g/mol. The van der Waals surface area contributed by atoms with E-state index in [0.29, 0.717) is 19.6 Å². The van der Waals surface area contributed by atoms with E-state index >= 15 is 0 Å². The number of aryl methyl sites for hydroxylation is 1. The lowest BCUT2D eigenvalue weighted by Crippen LogP contribution is -2.40. The van der Waals surface area contributed by atoms with Crippen LogP contribution in [0, 0.1) is 6.92 Å². The normalized spacial score (nSPS) is 14.6. The molecule has 2 N–H and O–H groups in total. The van der Waals surface area contributed by atoms with E-state index in [2.05, 4.69) is 25.2 Å². The number of ether oxygens (including phenoxy) is 1. The summed E-state index contributed by atoms with van der Waals surface area (Å²) in [6, 6.07) is 9.97. The van der Waals surface area contributed by atoms with Gasteiger partial charge in [-0.3, -0.25) is 0 Å². The van der Waals surface area contributed by atoms with Crippen LogP contribution >= 0.6 is 11.3 Å². The highest BCUT2D eigenvalue weighted by Gasteiger charge is 2.29. The predicted octanol–water partition coefficient (Wildman–Crippen LogP) is 3.47. The topological polar surface area (TPSA) is 61.8 Å². The number of urea groups is 1.